The fourth-order valence-corrected chi connectivity index (χ4v) is 2.75. The Morgan fingerprint density at radius 2 is 1.95 bits per heavy atom. The number of nitrogens with two attached hydrogens (primary N) is 1. The van der Waals surface area contributed by atoms with Crippen LogP contribution >= 0.6 is 0 Å². The van der Waals surface area contributed by atoms with Crippen molar-refractivity contribution in [3.05, 3.63) is 35.8 Å². The monoisotopic (exact) mass is 286 g/mol. The molecule has 0 radical (unpaired) electrons. The number of likely N-dealkylation sites (tertiary alicyclic amines) is 1. The van der Waals surface area contributed by atoms with Gasteiger partial charge in [0.25, 0.3) is 5.91 Å². The van der Waals surface area contributed by atoms with E-state index in [0.717, 1.165) is 31.6 Å². The third-order valence-electron chi connectivity index (χ3n) is 3.79. The fraction of sp³-hybridized carbons (Fsp3) is 0.400. The number of imidazole rings is 1. The van der Waals surface area contributed by atoms with Gasteiger partial charge in [0.2, 0.25) is 5.91 Å². The highest BCUT2D eigenvalue weighted by atomic mass is 16.2. The van der Waals surface area contributed by atoms with Crippen molar-refractivity contribution in [2.75, 3.05) is 13.1 Å². The maximum atomic E-state index is 12.5. The maximum absolute atomic E-state index is 12.5. The van der Waals surface area contributed by atoms with Gasteiger partial charge in [0.1, 0.15) is 11.3 Å². The van der Waals surface area contributed by atoms with E-state index in [-0.39, 0.29) is 12.3 Å². The third kappa shape index (κ3) is 2.74. The average Bonchev–Trinajstić information content (AvgIpc) is 2.92. The molecular weight excluding hydrogens is 268 g/mol. The van der Waals surface area contributed by atoms with Gasteiger partial charge >= 0.3 is 0 Å². The number of primary amides is 1. The fourth-order valence-electron chi connectivity index (χ4n) is 2.75. The summed E-state index contributed by atoms with van der Waals surface area (Å²) in [6.07, 6.45) is 5.10. The predicted molar refractivity (Wildman–Crippen MR) is 77.8 cm³/mol. The van der Waals surface area contributed by atoms with E-state index in [4.69, 9.17) is 5.73 Å². The normalized spacial score (nSPS) is 15.3. The molecular formula is C15H18N4O2. The first-order chi connectivity index (χ1) is 10.1. The van der Waals surface area contributed by atoms with Gasteiger partial charge in [-0.2, -0.15) is 0 Å². The molecule has 6 heteroatoms. The SMILES string of the molecule is NC(=O)Cc1cccc2nc(C(=O)N3CCCCC3)cn12. The van der Waals surface area contributed by atoms with Crippen molar-refractivity contribution in [1.29, 1.82) is 0 Å². The Hall–Kier alpha value is -2.37. The van der Waals surface area contributed by atoms with Crippen LogP contribution in [-0.2, 0) is 11.2 Å². The molecule has 2 N–H and O–H groups in total. The van der Waals surface area contributed by atoms with Crippen LogP contribution in [0.15, 0.2) is 24.4 Å². The molecule has 110 valence electrons. The summed E-state index contributed by atoms with van der Waals surface area (Å²) in [5.74, 6) is -0.441. The highest BCUT2D eigenvalue weighted by Crippen LogP contribution is 2.15. The summed E-state index contributed by atoms with van der Waals surface area (Å²) >= 11 is 0. The van der Waals surface area contributed by atoms with E-state index in [0.29, 0.717) is 11.3 Å². The van der Waals surface area contributed by atoms with Gasteiger partial charge in [-0.3, -0.25) is 9.59 Å². The lowest BCUT2D eigenvalue weighted by Crippen LogP contribution is -2.35. The minimum Gasteiger partial charge on any atom is -0.369 e. The number of hydrogen-bond donors (Lipinski definition) is 1. The molecule has 1 saturated heterocycles. The molecule has 0 aliphatic carbocycles. The summed E-state index contributed by atoms with van der Waals surface area (Å²) in [4.78, 5) is 29.8. The van der Waals surface area contributed by atoms with E-state index >= 15 is 0 Å². The molecule has 0 bridgehead atoms. The van der Waals surface area contributed by atoms with Crippen LogP contribution in [-0.4, -0.2) is 39.2 Å². The highest BCUT2D eigenvalue weighted by Gasteiger charge is 2.21. The maximum Gasteiger partial charge on any atom is 0.274 e. The van der Waals surface area contributed by atoms with Crippen LogP contribution in [0.1, 0.15) is 35.4 Å². The topological polar surface area (TPSA) is 80.7 Å². The first-order valence-corrected chi connectivity index (χ1v) is 7.20. The zero-order chi connectivity index (χ0) is 14.8. The highest BCUT2D eigenvalue weighted by molar-refractivity contribution is 5.93. The second-order valence-electron chi connectivity index (χ2n) is 5.37. The van der Waals surface area contributed by atoms with Crippen molar-refractivity contribution in [1.82, 2.24) is 14.3 Å². The van der Waals surface area contributed by atoms with Gasteiger partial charge in [-0.05, 0) is 31.4 Å². The molecule has 3 heterocycles. The number of hydrogen-bond acceptors (Lipinski definition) is 3. The number of pyridine rings is 1. The molecule has 1 fully saturated rings. The lowest BCUT2D eigenvalue weighted by atomic mass is 10.1. The first-order valence-electron chi connectivity index (χ1n) is 7.20. The number of carbonyl (C=O) groups excluding carboxylic acids is 2. The summed E-state index contributed by atoms with van der Waals surface area (Å²) in [6, 6.07) is 5.45. The van der Waals surface area contributed by atoms with Crippen LogP contribution < -0.4 is 5.73 Å². The van der Waals surface area contributed by atoms with E-state index in [2.05, 4.69) is 4.98 Å². The van der Waals surface area contributed by atoms with E-state index < -0.39 is 5.91 Å². The number of fused-ring (bicyclic) bond motifs is 1. The number of nitrogens with zero attached hydrogens (tertiary/aromatic N) is 3. The summed E-state index contributed by atoms with van der Waals surface area (Å²) in [5.41, 5.74) is 7.08. The van der Waals surface area contributed by atoms with Crippen LogP contribution in [0.5, 0.6) is 0 Å². The number of carbonyl (C=O) groups is 2. The van der Waals surface area contributed by atoms with Crippen molar-refractivity contribution < 1.29 is 9.59 Å². The van der Waals surface area contributed by atoms with Crippen LogP contribution in [0.3, 0.4) is 0 Å². The third-order valence-corrected chi connectivity index (χ3v) is 3.79. The van der Waals surface area contributed by atoms with Gasteiger partial charge in [0, 0.05) is 25.0 Å². The molecule has 2 aromatic heterocycles. The van der Waals surface area contributed by atoms with Gasteiger partial charge < -0.3 is 15.0 Å². The summed E-state index contributed by atoms with van der Waals surface area (Å²) in [6.45, 7) is 1.59. The van der Waals surface area contributed by atoms with E-state index in [1.54, 1.807) is 10.6 Å². The lowest BCUT2D eigenvalue weighted by molar-refractivity contribution is -0.117. The Bertz CT molecular complexity index is 686. The first kappa shape index (κ1) is 13.6. The van der Waals surface area contributed by atoms with Gasteiger partial charge in [-0.1, -0.05) is 6.07 Å². The predicted octanol–water partition coefficient (Wildman–Crippen LogP) is 0.988. The van der Waals surface area contributed by atoms with Crippen molar-refractivity contribution >= 4 is 17.5 Å². The molecule has 0 saturated carbocycles. The summed E-state index contributed by atoms with van der Waals surface area (Å²) in [5, 5.41) is 0. The van der Waals surface area contributed by atoms with Crippen molar-refractivity contribution in [3.8, 4) is 0 Å². The molecule has 0 spiro atoms. The lowest BCUT2D eigenvalue weighted by Gasteiger charge is -2.25. The second-order valence-corrected chi connectivity index (χ2v) is 5.37. The van der Waals surface area contributed by atoms with Crippen LogP contribution in [0.25, 0.3) is 5.65 Å². The Balaban J connectivity index is 1.93. The molecule has 6 nitrogen and oxygen atoms in total. The molecule has 3 rings (SSSR count). The van der Waals surface area contributed by atoms with Crippen molar-refractivity contribution in [2.45, 2.75) is 25.7 Å². The number of rotatable bonds is 3. The molecule has 0 atom stereocenters. The molecule has 2 aromatic rings. The van der Waals surface area contributed by atoms with E-state index in [1.807, 2.05) is 23.1 Å². The zero-order valence-electron chi connectivity index (χ0n) is 11.8. The van der Waals surface area contributed by atoms with Gasteiger partial charge in [-0.25, -0.2) is 4.98 Å². The van der Waals surface area contributed by atoms with Crippen LogP contribution in [0.4, 0.5) is 0 Å². The molecule has 2 amide bonds. The van der Waals surface area contributed by atoms with E-state index in [9.17, 15) is 9.59 Å². The average molecular weight is 286 g/mol. The van der Waals surface area contributed by atoms with Gasteiger partial charge in [0.15, 0.2) is 0 Å². The minimum atomic E-state index is -0.403. The Morgan fingerprint density at radius 1 is 1.19 bits per heavy atom. The zero-order valence-corrected chi connectivity index (χ0v) is 11.8. The number of aromatic nitrogens is 2. The molecule has 1 aliphatic heterocycles. The minimum absolute atomic E-state index is 0.0385. The molecule has 1 aliphatic rings. The second kappa shape index (κ2) is 5.55. The van der Waals surface area contributed by atoms with Crippen LogP contribution in [0, 0.1) is 0 Å². The number of amides is 2. The molecule has 0 unspecified atom stereocenters. The largest absolute Gasteiger partial charge is 0.369 e. The van der Waals surface area contributed by atoms with Gasteiger partial charge in [0.05, 0.1) is 6.42 Å². The quantitative estimate of drug-likeness (QED) is 0.913. The molecule has 0 aromatic carbocycles. The Morgan fingerprint density at radius 3 is 2.67 bits per heavy atom. The van der Waals surface area contributed by atoms with Crippen LogP contribution in [0.2, 0.25) is 0 Å². The molecule has 21 heavy (non-hydrogen) atoms. The standard InChI is InChI=1S/C15H18N4O2/c16-13(20)9-11-5-4-6-14-17-12(10-19(11)14)15(21)18-7-2-1-3-8-18/h4-6,10H,1-3,7-9H2,(H2,16,20). The van der Waals surface area contributed by atoms with E-state index in [1.165, 1.54) is 6.42 Å². The Kier molecular flexibility index (Phi) is 3.60. The van der Waals surface area contributed by atoms with Gasteiger partial charge in [-0.15, -0.1) is 0 Å². The van der Waals surface area contributed by atoms with Crippen molar-refractivity contribution in [3.63, 3.8) is 0 Å². The summed E-state index contributed by atoms with van der Waals surface area (Å²) < 4.78 is 1.77. The smallest absolute Gasteiger partial charge is 0.274 e. The van der Waals surface area contributed by atoms with Crippen molar-refractivity contribution in [2.24, 2.45) is 5.73 Å². The Labute approximate surface area is 122 Å². The number of piperidine rings is 1. The summed E-state index contributed by atoms with van der Waals surface area (Å²) in [7, 11) is 0.